The predicted octanol–water partition coefficient (Wildman–Crippen LogP) is 3.37. The number of benzene rings is 2. The zero-order valence-electron chi connectivity index (χ0n) is 11.0. The van der Waals surface area contributed by atoms with E-state index in [0.29, 0.717) is 17.5 Å². The fourth-order valence-corrected chi connectivity index (χ4v) is 2.38. The van der Waals surface area contributed by atoms with Gasteiger partial charge in [0.15, 0.2) is 0 Å². The minimum Gasteiger partial charge on any atom is -0.271 e. The van der Waals surface area contributed by atoms with E-state index in [0.717, 1.165) is 6.07 Å². The molecule has 0 aliphatic rings. The first kappa shape index (κ1) is 15.8. The Labute approximate surface area is 125 Å². The lowest BCUT2D eigenvalue weighted by Crippen LogP contribution is -2.38. The summed E-state index contributed by atoms with van der Waals surface area (Å²) < 4.78 is 39.7. The van der Waals surface area contributed by atoms with E-state index >= 15 is 0 Å². The Hall–Kier alpha value is -1.56. The van der Waals surface area contributed by atoms with Crippen LogP contribution >= 0.6 is 11.6 Å². The Morgan fingerprint density at radius 3 is 2.33 bits per heavy atom. The van der Waals surface area contributed by atoms with Gasteiger partial charge in [-0.15, -0.1) is 0 Å². The average Bonchev–Trinajstić information content (AvgIpc) is 2.42. The monoisotopic (exact) mass is 314 g/mol. The lowest BCUT2D eigenvalue weighted by atomic mass is 9.99. The lowest BCUT2D eigenvalue weighted by molar-refractivity contribution is 0.514. The maximum absolute atomic E-state index is 13.4. The molecular formula is C15H14ClF3N2. The van der Waals surface area contributed by atoms with Gasteiger partial charge in [-0.25, -0.2) is 13.2 Å². The number of nitrogens with two attached hydrogens (primary N) is 1. The maximum Gasteiger partial charge on any atom is 0.142 e. The van der Waals surface area contributed by atoms with Crippen LogP contribution in [0.3, 0.4) is 0 Å². The van der Waals surface area contributed by atoms with Gasteiger partial charge in [0.25, 0.3) is 0 Å². The quantitative estimate of drug-likeness (QED) is 0.656. The highest BCUT2D eigenvalue weighted by Gasteiger charge is 2.14. The van der Waals surface area contributed by atoms with Gasteiger partial charge in [0.1, 0.15) is 17.5 Å². The highest BCUT2D eigenvalue weighted by Crippen LogP contribution is 2.22. The maximum atomic E-state index is 13.4. The Kier molecular flexibility index (Phi) is 5.22. The van der Waals surface area contributed by atoms with Crippen molar-refractivity contribution in [1.82, 2.24) is 5.43 Å². The van der Waals surface area contributed by atoms with Gasteiger partial charge in [0.05, 0.1) is 5.02 Å². The molecule has 2 rings (SSSR count). The van der Waals surface area contributed by atoms with Gasteiger partial charge in [-0.2, -0.15) is 0 Å². The first-order chi connectivity index (χ1) is 9.99. The third-order valence-electron chi connectivity index (χ3n) is 3.14. The molecule has 1 atom stereocenters. The second-order valence-corrected chi connectivity index (χ2v) is 5.14. The van der Waals surface area contributed by atoms with Crippen molar-refractivity contribution in [3.63, 3.8) is 0 Å². The summed E-state index contributed by atoms with van der Waals surface area (Å²) in [6, 6.07) is 7.44. The summed E-state index contributed by atoms with van der Waals surface area (Å²) >= 11 is 5.88. The molecule has 2 aromatic rings. The van der Waals surface area contributed by atoms with Crippen molar-refractivity contribution >= 4 is 11.6 Å². The molecular weight excluding hydrogens is 301 g/mol. The summed E-state index contributed by atoms with van der Waals surface area (Å²) in [5.41, 5.74) is 3.60. The second kappa shape index (κ2) is 6.93. The van der Waals surface area contributed by atoms with E-state index in [2.05, 4.69) is 5.43 Å². The van der Waals surface area contributed by atoms with Crippen LogP contribution in [0.15, 0.2) is 36.4 Å². The van der Waals surface area contributed by atoms with E-state index in [1.807, 2.05) is 0 Å². The van der Waals surface area contributed by atoms with E-state index in [1.54, 1.807) is 12.1 Å². The largest absolute Gasteiger partial charge is 0.271 e. The number of hydrogen-bond donors (Lipinski definition) is 2. The predicted molar refractivity (Wildman–Crippen MR) is 76.3 cm³/mol. The van der Waals surface area contributed by atoms with Gasteiger partial charge in [0, 0.05) is 12.1 Å². The minimum absolute atomic E-state index is 0.0307. The van der Waals surface area contributed by atoms with Crippen molar-refractivity contribution in [2.24, 2.45) is 5.84 Å². The number of halogens is 4. The van der Waals surface area contributed by atoms with Gasteiger partial charge < -0.3 is 0 Å². The molecule has 0 aliphatic carbocycles. The summed E-state index contributed by atoms with van der Waals surface area (Å²) in [5.74, 6) is 3.65. The second-order valence-electron chi connectivity index (χ2n) is 4.76. The molecule has 2 nitrogen and oxygen atoms in total. The summed E-state index contributed by atoms with van der Waals surface area (Å²) in [6.45, 7) is 0. The van der Waals surface area contributed by atoms with E-state index in [-0.39, 0.29) is 17.5 Å². The molecule has 2 aromatic carbocycles. The highest BCUT2D eigenvalue weighted by atomic mass is 35.5. The molecule has 0 heterocycles. The third kappa shape index (κ3) is 4.20. The van der Waals surface area contributed by atoms with Gasteiger partial charge >= 0.3 is 0 Å². The topological polar surface area (TPSA) is 38.0 Å². The fraction of sp³-hybridized carbons (Fsp3) is 0.200. The van der Waals surface area contributed by atoms with Crippen molar-refractivity contribution in [1.29, 1.82) is 0 Å². The molecule has 0 aliphatic heterocycles. The minimum atomic E-state index is -0.649. The molecule has 1 unspecified atom stereocenters. The number of hydrazine groups is 1. The van der Waals surface area contributed by atoms with Crippen LogP contribution in [0.5, 0.6) is 0 Å². The van der Waals surface area contributed by atoms with Gasteiger partial charge in [0.2, 0.25) is 0 Å². The Balaban J connectivity index is 2.15. The number of nitrogens with one attached hydrogen (secondary N) is 1. The van der Waals surface area contributed by atoms with Gasteiger partial charge in [-0.3, -0.25) is 11.3 Å². The van der Waals surface area contributed by atoms with Crippen LogP contribution in [0.25, 0.3) is 0 Å². The van der Waals surface area contributed by atoms with E-state index in [4.69, 9.17) is 17.4 Å². The first-order valence-electron chi connectivity index (χ1n) is 6.33. The molecule has 112 valence electrons. The smallest absolute Gasteiger partial charge is 0.142 e. The van der Waals surface area contributed by atoms with Crippen molar-refractivity contribution < 1.29 is 13.2 Å². The summed E-state index contributed by atoms with van der Waals surface area (Å²) in [7, 11) is 0. The third-order valence-corrected chi connectivity index (χ3v) is 3.56. The van der Waals surface area contributed by atoms with Crippen LogP contribution in [0.1, 0.15) is 11.1 Å². The van der Waals surface area contributed by atoms with Crippen molar-refractivity contribution in [3.8, 4) is 0 Å². The Bertz CT molecular complexity index is 614. The van der Waals surface area contributed by atoms with Crippen LogP contribution in [0.2, 0.25) is 5.02 Å². The average molecular weight is 315 g/mol. The van der Waals surface area contributed by atoms with Crippen LogP contribution in [-0.2, 0) is 12.8 Å². The molecule has 0 aromatic heterocycles. The van der Waals surface area contributed by atoms with Crippen LogP contribution in [-0.4, -0.2) is 6.04 Å². The van der Waals surface area contributed by atoms with Crippen molar-refractivity contribution in [2.75, 3.05) is 0 Å². The molecule has 21 heavy (non-hydrogen) atoms. The first-order valence-corrected chi connectivity index (χ1v) is 6.71. The van der Waals surface area contributed by atoms with Crippen molar-refractivity contribution in [2.45, 2.75) is 18.9 Å². The van der Waals surface area contributed by atoms with Gasteiger partial charge in [-0.05, 0) is 42.2 Å². The molecule has 0 fully saturated rings. The lowest BCUT2D eigenvalue weighted by Gasteiger charge is -2.17. The summed E-state index contributed by atoms with van der Waals surface area (Å²) in [4.78, 5) is 0. The van der Waals surface area contributed by atoms with Crippen LogP contribution in [0.4, 0.5) is 13.2 Å². The van der Waals surface area contributed by atoms with E-state index < -0.39 is 17.5 Å². The van der Waals surface area contributed by atoms with Gasteiger partial charge in [-0.1, -0.05) is 23.7 Å². The molecule has 3 N–H and O–H groups in total. The number of hydrogen-bond acceptors (Lipinski definition) is 2. The number of rotatable bonds is 5. The van der Waals surface area contributed by atoms with Crippen LogP contribution < -0.4 is 11.3 Å². The van der Waals surface area contributed by atoms with Crippen molar-refractivity contribution in [3.05, 3.63) is 70.0 Å². The van der Waals surface area contributed by atoms with E-state index in [9.17, 15) is 13.2 Å². The SMILES string of the molecule is NNC(Cc1cc(F)cc(F)c1)Cc1cccc(F)c1Cl. The zero-order chi connectivity index (χ0) is 15.4. The highest BCUT2D eigenvalue weighted by molar-refractivity contribution is 6.31. The standard InChI is InChI=1S/C15H14ClF3N2/c16-15-10(2-1-3-14(15)19)7-13(21-20)6-9-4-11(17)8-12(18)5-9/h1-5,8,13,21H,6-7,20H2. The fourth-order valence-electron chi connectivity index (χ4n) is 2.17. The Morgan fingerprint density at radius 1 is 1.05 bits per heavy atom. The molecule has 0 radical (unpaired) electrons. The summed E-state index contributed by atoms with van der Waals surface area (Å²) in [5, 5.41) is 0.0307. The molecule has 0 saturated heterocycles. The molecule has 6 heteroatoms. The zero-order valence-corrected chi connectivity index (χ0v) is 11.8. The molecule has 0 amide bonds. The molecule has 0 bridgehead atoms. The normalized spacial score (nSPS) is 12.4. The Morgan fingerprint density at radius 2 is 1.71 bits per heavy atom. The van der Waals surface area contributed by atoms with E-state index in [1.165, 1.54) is 18.2 Å². The molecule has 0 spiro atoms. The molecule has 0 saturated carbocycles. The van der Waals surface area contributed by atoms with Crippen LogP contribution in [0, 0.1) is 17.5 Å². The summed E-state index contributed by atoms with van der Waals surface area (Å²) in [6.07, 6.45) is 0.628.